The average Bonchev–Trinajstić information content (AvgIpc) is 2.70. The van der Waals surface area contributed by atoms with E-state index in [2.05, 4.69) is 0 Å². The Kier molecular flexibility index (Phi) is 3.38. The van der Waals surface area contributed by atoms with E-state index in [1.807, 2.05) is 13.8 Å². The molecule has 17 heavy (non-hydrogen) atoms. The Balaban J connectivity index is 2.36. The minimum Gasteiger partial charge on any atom is -0.750 e. The lowest BCUT2D eigenvalue weighted by Crippen LogP contribution is -2.47. The van der Waals surface area contributed by atoms with Crippen molar-refractivity contribution in [3.8, 4) is 0 Å². The fourth-order valence-electron chi connectivity index (χ4n) is 4.09. The molecule has 100 valence electrons. The first-order chi connectivity index (χ1) is 7.92. The second kappa shape index (κ2) is 4.28. The molecule has 0 aromatic carbocycles. The van der Waals surface area contributed by atoms with Gasteiger partial charge in [0, 0.05) is 12.0 Å². The lowest BCUT2D eigenvalue weighted by Gasteiger charge is -2.43. The highest BCUT2D eigenvalue weighted by Crippen LogP contribution is 2.67. The first-order valence-electron chi connectivity index (χ1n) is 5.90. The van der Waals surface area contributed by atoms with Gasteiger partial charge in [-0.1, -0.05) is 13.8 Å². The summed E-state index contributed by atoms with van der Waals surface area (Å²) in [4.78, 5) is 0. The van der Waals surface area contributed by atoms with Gasteiger partial charge in [-0.05, 0) is 30.1 Å². The van der Waals surface area contributed by atoms with Gasteiger partial charge in [0.2, 0.25) is 0 Å². The predicted octanol–water partition coefficient (Wildman–Crippen LogP) is 0.203. The van der Waals surface area contributed by atoms with Crippen LogP contribution in [0.15, 0.2) is 0 Å². The third kappa shape index (κ3) is 1.69. The fraction of sp³-hybridized carbons (Fsp3) is 1.00. The number of aliphatic hydroxyl groups excluding tert-OH is 2. The van der Waals surface area contributed by atoms with E-state index in [1.165, 1.54) is 0 Å². The molecule has 2 aliphatic rings. The maximum Gasteiger partial charge on any atom is 0.0849 e. The number of aliphatic hydroxyl groups is 2. The maximum absolute atomic E-state index is 10.8. The van der Waals surface area contributed by atoms with Crippen LogP contribution >= 0.6 is 0 Å². The van der Waals surface area contributed by atoms with Crippen LogP contribution in [0.1, 0.15) is 26.7 Å². The number of hydrogen-bond acceptors (Lipinski definition) is 5. The third-order valence-corrected chi connectivity index (χ3v) is 5.52. The first kappa shape index (κ1) is 13.4. The van der Waals surface area contributed by atoms with E-state index in [9.17, 15) is 19.0 Å². The van der Waals surface area contributed by atoms with E-state index in [1.54, 1.807) is 0 Å². The monoisotopic (exact) mass is 263 g/mol. The topological polar surface area (TPSA) is 89.8 Å². The summed E-state index contributed by atoms with van der Waals surface area (Å²) in [5, 5.41) is 19.3. The molecular formula is C11H19O5S-. The lowest BCUT2D eigenvalue weighted by molar-refractivity contribution is -0.0539. The highest BCUT2D eigenvalue weighted by molar-refractivity contribution is 7.74. The van der Waals surface area contributed by atoms with Gasteiger partial charge in [-0.3, -0.25) is 4.18 Å². The van der Waals surface area contributed by atoms with Crippen LogP contribution in [0.5, 0.6) is 0 Å². The van der Waals surface area contributed by atoms with Gasteiger partial charge < -0.3 is 14.8 Å². The van der Waals surface area contributed by atoms with Crippen LogP contribution in [-0.2, 0) is 15.5 Å². The molecule has 0 spiro atoms. The summed E-state index contributed by atoms with van der Waals surface area (Å²) >= 11 is -2.58. The molecule has 5 nitrogen and oxygen atoms in total. The van der Waals surface area contributed by atoms with Crippen molar-refractivity contribution in [1.82, 2.24) is 0 Å². The van der Waals surface area contributed by atoms with Crippen LogP contribution < -0.4 is 0 Å². The average molecular weight is 263 g/mol. The van der Waals surface area contributed by atoms with Crippen LogP contribution in [0.4, 0.5) is 0 Å². The summed E-state index contributed by atoms with van der Waals surface area (Å²) in [5.41, 5.74) is -0.825. The number of hydrogen-bond donors (Lipinski definition) is 2. The summed E-state index contributed by atoms with van der Waals surface area (Å²) in [5.74, 6) is 0.0955. The number of rotatable bonds is 4. The van der Waals surface area contributed by atoms with Crippen LogP contribution in [0.3, 0.4) is 0 Å². The van der Waals surface area contributed by atoms with Crippen LogP contribution in [0.25, 0.3) is 0 Å². The largest absolute Gasteiger partial charge is 0.750 e. The second-order valence-corrected chi connectivity index (χ2v) is 6.30. The molecule has 6 atom stereocenters. The summed E-state index contributed by atoms with van der Waals surface area (Å²) in [6, 6.07) is 0. The van der Waals surface area contributed by atoms with E-state index in [-0.39, 0.29) is 30.5 Å². The minimum atomic E-state index is -2.58. The molecule has 0 radical (unpaired) electrons. The molecular weight excluding hydrogens is 244 g/mol. The zero-order valence-electron chi connectivity index (χ0n) is 10.1. The second-order valence-electron chi connectivity index (χ2n) is 5.70. The SMILES string of the molecule is CC1C(OS(=O)[O-])C2(CO)CC1(CO)CC2C. The number of fused-ring (bicyclic) bond motifs is 2. The summed E-state index contributed by atoms with van der Waals surface area (Å²) in [7, 11) is 0. The van der Waals surface area contributed by atoms with Crippen molar-refractivity contribution in [3.05, 3.63) is 0 Å². The molecule has 2 rings (SSSR count). The van der Waals surface area contributed by atoms with Gasteiger partial charge in [-0.2, -0.15) is 0 Å². The normalized spacial score (nSPS) is 50.8. The zero-order chi connectivity index (χ0) is 12.8. The van der Waals surface area contributed by atoms with Gasteiger partial charge in [0.05, 0.1) is 24.1 Å². The predicted molar refractivity (Wildman–Crippen MR) is 60.4 cm³/mol. The third-order valence-electron chi connectivity index (χ3n) is 5.15. The zero-order valence-corrected chi connectivity index (χ0v) is 10.9. The van der Waals surface area contributed by atoms with Crippen molar-refractivity contribution in [1.29, 1.82) is 0 Å². The maximum atomic E-state index is 10.8. The smallest absolute Gasteiger partial charge is 0.0849 e. The first-order valence-corrected chi connectivity index (χ1v) is 6.90. The Labute approximate surface area is 104 Å². The Morgan fingerprint density at radius 2 is 2.06 bits per heavy atom. The molecule has 6 heteroatoms. The van der Waals surface area contributed by atoms with Gasteiger partial charge in [-0.25, -0.2) is 4.21 Å². The Morgan fingerprint density at radius 1 is 1.41 bits per heavy atom. The molecule has 2 bridgehead atoms. The lowest BCUT2D eigenvalue weighted by atomic mass is 9.68. The molecule has 0 aromatic heterocycles. The Bertz CT molecular complexity index is 336. The van der Waals surface area contributed by atoms with E-state index in [0.29, 0.717) is 6.42 Å². The van der Waals surface area contributed by atoms with Crippen molar-refractivity contribution >= 4 is 11.4 Å². The molecule has 6 unspecified atom stereocenters. The van der Waals surface area contributed by atoms with Crippen molar-refractivity contribution in [2.75, 3.05) is 13.2 Å². The van der Waals surface area contributed by atoms with Crippen molar-refractivity contribution in [2.24, 2.45) is 22.7 Å². The molecule has 2 saturated carbocycles. The molecule has 0 heterocycles. The van der Waals surface area contributed by atoms with Gasteiger partial charge >= 0.3 is 0 Å². The Hall–Kier alpha value is -0.0100. The van der Waals surface area contributed by atoms with Crippen LogP contribution in [0.2, 0.25) is 0 Å². The van der Waals surface area contributed by atoms with E-state index in [4.69, 9.17) is 4.18 Å². The molecule has 0 aromatic rings. The molecule has 0 aliphatic heterocycles. The van der Waals surface area contributed by atoms with Crippen molar-refractivity contribution < 1.29 is 23.2 Å². The molecule has 0 amide bonds. The van der Waals surface area contributed by atoms with Gasteiger partial charge in [0.1, 0.15) is 0 Å². The van der Waals surface area contributed by atoms with Crippen molar-refractivity contribution in [3.63, 3.8) is 0 Å². The Morgan fingerprint density at radius 3 is 2.53 bits per heavy atom. The van der Waals surface area contributed by atoms with Gasteiger partial charge in [0.25, 0.3) is 0 Å². The summed E-state index contributed by atoms with van der Waals surface area (Å²) < 4.78 is 26.5. The van der Waals surface area contributed by atoms with E-state index < -0.39 is 22.9 Å². The minimum absolute atomic E-state index is 0.0195. The quantitative estimate of drug-likeness (QED) is 0.707. The molecule has 2 N–H and O–H groups in total. The van der Waals surface area contributed by atoms with Gasteiger partial charge in [0.15, 0.2) is 0 Å². The van der Waals surface area contributed by atoms with Crippen molar-refractivity contribution in [2.45, 2.75) is 32.8 Å². The molecule has 2 aliphatic carbocycles. The highest BCUT2D eigenvalue weighted by Gasteiger charge is 2.67. The van der Waals surface area contributed by atoms with E-state index >= 15 is 0 Å². The van der Waals surface area contributed by atoms with E-state index in [0.717, 1.165) is 6.42 Å². The summed E-state index contributed by atoms with van der Waals surface area (Å²) in [6.07, 6.45) is 0.926. The highest BCUT2D eigenvalue weighted by atomic mass is 32.2. The van der Waals surface area contributed by atoms with Gasteiger partial charge in [-0.15, -0.1) is 0 Å². The standard InChI is InChI=1S/C11H20O5S/c1-7-3-10(5-12)4-11(7,6-13)9(8(10)2)16-17(14)15/h7-9,12-13H,3-6H2,1-2H3,(H,14,15)/p-1. The molecule has 2 fully saturated rings. The molecule has 0 saturated heterocycles. The fourth-order valence-corrected chi connectivity index (χ4v) is 4.62. The summed E-state index contributed by atoms with van der Waals surface area (Å²) in [6.45, 7) is 3.81. The van der Waals surface area contributed by atoms with Crippen LogP contribution in [-0.4, -0.2) is 38.3 Å². The van der Waals surface area contributed by atoms with Crippen LogP contribution in [0, 0.1) is 22.7 Å².